The number of hydrogen-bond donors (Lipinski definition) is 2. The number of nitrogen functional groups attached to an aromatic ring is 1. The van der Waals surface area contributed by atoms with E-state index >= 15 is 0 Å². The maximum absolute atomic E-state index is 7.65. The van der Waals surface area contributed by atoms with Gasteiger partial charge in [-0.05, 0) is 38.7 Å². The Bertz CT molecular complexity index is 458. The van der Waals surface area contributed by atoms with E-state index < -0.39 is 0 Å². The smallest absolute Gasteiger partial charge is 0.124 e. The predicted molar refractivity (Wildman–Crippen MR) is 76.8 cm³/mol. The van der Waals surface area contributed by atoms with Gasteiger partial charge in [0, 0.05) is 35.4 Å². The number of halogens is 1. The van der Waals surface area contributed by atoms with Gasteiger partial charge in [0.1, 0.15) is 5.84 Å². The van der Waals surface area contributed by atoms with E-state index in [1.807, 2.05) is 12.1 Å². The van der Waals surface area contributed by atoms with E-state index in [-0.39, 0.29) is 5.84 Å². The number of nitrogens with zero attached hydrogens (tertiary/aromatic N) is 2. The fourth-order valence-electron chi connectivity index (χ4n) is 2.38. The Morgan fingerprint density at radius 2 is 2.22 bits per heavy atom. The van der Waals surface area contributed by atoms with E-state index in [0.29, 0.717) is 11.1 Å². The first-order valence-corrected chi connectivity index (χ1v) is 6.42. The van der Waals surface area contributed by atoms with Gasteiger partial charge in [-0.25, -0.2) is 0 Å². The molecule has 1 fully saturated rings. The third kappa shape index (κ3) is 2.60. The molecule has 0 amide bonds. The van der Waals surface area contributed by atoms with E-state index in [1.54, 1.807) is 6.07 Å². The molecule has 2 rings (SSSR count). The number of nitrogens with two attached hydrogens (primary N) is 1. The van der Waals surface area contributed by atoms with Crippen LogP contribution in [0, 0.1) is 5.41 Å². The van der Waals surface area contributed by atoms with Crippen molar-refractivity contribution in [1.82, 2.24) is 4.90 Å². The Morgan fingerprint density at radius 1 is 1.50 bits per heavy atom. The van der Waals surface area contributed by atoms with Gasteiger partial charge in [-0.3, -0.25) is 5.41 Å². The molecule has 1 aromatic carbocycles. The van der Waals surface area contributed by atoms with Crippen molar-refractivity contribution in [2.45, 2.75) is 12.5 Å². The van der Waals surface area contributed by atoms with Crippen molar-refractivity contribution in [2.24, 2.45) is 5.73 Å². The fraction of sp³-hybridized carbons (Fsp3) is 0.462. The summed E-state index contributed by atoms with van der Waals surface area (Å²) >= 11 is 5.97. The topological polar surface area (TPSA) is 56.4 Å². The summed E-state index contributed by atoms with van der Waals surface area (Å²) in [4.78, 5) is 4.51. The number of amidine groups is 1. The second-order valence-corrected chi connectivity index (χ2v) is 5.36. The van der Waals surface area contributed by atoms with Gasteiger partial charge >= 0.3 is 0 Å². The number of hydrogen-bond acceptors (Lipinski definition) is 3. The van der Waals surface area contributed by atoms with Crippen LogP contribution in [-0.2, 0) is 0 Å². The zero-order valence-electron chi connectivity index (χ0n) is 10.8. The molecule has 3 N–H and O–H groups in total. The van der Waals surface area contributed by atoms with Gasteiger partial charge in [-0.1, -0.05) is 11.6 Å². The molecule has 0 aromatic heterocycles. The molecule has 1 heterocycles. The molecule has 98 valence electrons. The van der Waals surface area contributed by atoms with Crippen molar-refractivity contribution < 1.29 is 0 Å². The summed E-state index contributed by atoms with van der Waals surface area (Å²) in [5.74, 6) is 0.0702. The van der Waals surface area contributed by atoms with E-state index in [0.717, 1.165) is 30.8 Å². The summed E-state index contributed by atoms with van der Waals surface area (Å²) in [6.45, 7) is 1.96. The van der Waals surface area contributed by atoms with Crippen molar-refractivity contribution in [3.8, 4) is 0 Å². The Hall–Kier alpha value is -1.26. The molecule has 1 unspecified atom stereocenters. The quantitative estimate of drug-likeness (QED) is 0.648. The predicted octanol–water partition coefficient (Wildman–Crippen LogP) is 1.76. The van der Waals surface area contributed by atoms with Crippen LogP contribution in [-0.4, -0.2) is 44.0 Å². The van der Waals surface area contributed by atoms with Gasteiger partial charge in [-0.2, -0.15) is 0 Å². The van der Waals surface area contributed by atoms with E-state index in [4.69, 9.17) is 22.7 Å². The molecular formula is C13H19ClN4. The van der Waals surface area contributed by atoms with Crippen molar-refractivity contribution in [2.75, 3.05) is 32.1 Å². The molecule has 18 heavy (non-hydrogen) atoms. The summed E-state index contributed by atoms with van der Waals surface area (Å²) in [5.41, 5.74) is 7.37. The molecule has 0 saturated carbocycles. The molecule has 1 saturated heterocycles. The summed E-state index contributed by atoms with van der Waals surface area (Å²) in [5, 5.41) is 8.27. The van der Waals surface area contributed by atoms with Crippen LogP contribution in [0.1, 0.15) is 12.0 Å². The van der Waals surface area contributed by atoms with E-state index in [1.165, 1.54) is 0 Å². The first-order chi connectivity index (χ1) is 8.49. The molecular weight excluding hydrogens is 248 g/mol. The van der Waals surface area contributed by atoms with Gasteiger partial charge in [0.15, 0.2) is 0 Å². The van der Waals surface area contributed by atoms with Crippen LogP contribution in [0.15, 0.2) is 18.2 Å². The van der Waals surface area contributed by atoms with Crippen LogP contribution in [0.4, 0.5) is 5.69 Å². The first kappa shape index (κ1) is 13.2. The lowest BCUT2D eigenvalue weighted by molar-refractivity contribution is 0.315. The van der Waals surface area contributed by atoms with Crippen LogP contribution in [0.5, 0.6) is 0 Å². The zero-order chi connectivity index (χ0) is 13.3. The van der Waals surface area contributed by atoms with Crippen LogP contribution in [0.25, 0.3) is 0 Å². The number of nitrogens with one attached hydrogen (secondary N) is 1. The lowest BCUT2D eigenvalue weighted by Gasteiger charge is -2.23. The number of anilines is 1. The van der Waals surface area contributed by atoms with Crippen molar-refractivity contribution in [3.05, 3.63) is 28.8 Å². The molecule has 1 aliphatic heterocycles. The molecule has 1 atom stereocenters. The van der Waals surface area contributed by atoms with Crippen molar-refractivity contribution in [1.29, 1.82) is 5.41 Å². The minimum absolute atomic E-state index is 0.0702. The van der Waals surface area contributed by atoms with Crippen LogP contribution >= 0.6 is 11.6 Å². The summed E-state index contributed by atoms with van der Waals surface area (Å²) < 4.78 is 0. The van der Waals surface area contributed by atoms with Gasteiger partial charge in [0.05, 0.1) is 0 Å². The highest BCUT2D eigenvalue weighted by molar-refractivity contribution is 6.31. The van der Waals surface area contributed by atoms with Crippen molar-refractivity contribution >= 4 is 23.1 Å². The fourth-order valence-corrected chi connectivity index (χ4v) is 2.55. The minimum atomic E-state index is 0.0702. The maximum Gasteiger partial charge on any atom is 0.124 e. The number of likely N-dealkylation sites (N-methyl/N-ethyl adjacent to an activating group) is 1. The Kier molecular flexibility index (Phi) is 3.78. The standard InChI is InChI=1S/C13H19ClN4/c1-17(2)10-5-6-18(8-10)12-4-3-9(14)7-11(12)13(15)16/h3-4,7,10H,5-6,8H2,1-2H3,(H3,15,16). The van der Waals surface area contributed by atoms with Crippen LogP contribution in [0.2, 0.25) is 5.02 Å². The average molecular weight is 267 g/mol. The van der Waals surface area contributed by atoms with Gasteiger partial charge in [0.2, 0.25) is 0 Å². The van der Waals surface area contributed by atoms with Crippen LogP contribution < -0.4 is 10.6 Å². The molecule has 5 heteroatoms. The SMILES string of the molecule is CN(C)C1CCN(c2ccc(Cl)cc2C(=N)N)C1. The minimum Gasteiger partial charge on any atom is -0.384 e. The highest BCUT2D eigenvalue weighted by Gasteiger charge is 2.25. The normalized spacial score (nSPS) is 19.6. The third-order valence-electron chi connectivity index (χ3n) is 3.48. The highest BCUT2D eigenvalue weighted by Crippen LogP contribution is 2.28. The Balaban J connectivity index is 2.27. The molecule has 1 aromatic rings. The molecule has 1 aliphatic rings. The van der Waals surface area contributed by atoms with E-state index in [2.05, 4.69) is 23.9 Å². The molecule has 4 nitrogen and oxygen atoms in total. The second kappa shape index (κ2) is 5.16. The summed E-state index contributed by atoms with van der Waals surface area (Å²) in [7, 11) is 4.20. The average Bonchev–Trinajstić information content (AvgIpc) is 2.78. The van der Waals surface area contributed by atoms with E-state index in [9.17, 15) is 0 Å². The van der Waals surface area contributed by atoms with Gasteiger partial charge < -0.3 is 15.5 Å². The second-order valence-electron chi connectivity index (χ2n) is 4.93. The first-order valence-electron chi connectivity index (χ1n) is 6.04. The van der Waals surface area contributed by atoms with Gasteiger partial charge in [-0.15, -0.1) is 0 Å². The van der Waals surface area contributed by atoms with Crippen molar-refractivity contribution in [3.63, 3.8) is 0 Å². The third-order valence-corrected chi connectivity index (χ3v) is 3.72. The summed E-state index contributed by atoms with van der Waals surface area (Å²) in [6.07, 6.45) is 1.13. The Labute approximate surface area is 113 Å². The Morgan fingerprint density at radius 3 is 2.78 bits per heavy atom. The monoisotopic (exact) mass is 266 g/mol. The zero-order valence-corrected chi connectivity index (χ0v) is 11.5. The number of rotatable bonds is 3. The molecule has 0 aliphatic carbocycles. The molecule has 0 spiro atoms. The van der Waals surface area contributed by atoms with Crippen LogP contribution in [0.3, 0.4) is 0 Å². The highest BCUT2D eigenvalue weighted by atomic mass is 35.5. The molecule has 0 radical (unpaired) electrons. The maximum atomic E-state index is 7.65. The summed E-state index contributed by atoms with van der Waals surface area (Å²) in [6, 6.07) is 6.13. The lowest BCUT2D eigenvalue weighted by Crippen LogP contribution is -2.32. The number of benzene rings is 1. The lowest BCUT2D eigenvalue weighted by atomic mass is 10.1. The van der Waals surface area contributed by atoms with Gasteiger partial charge in [0.25, 0.3) is 0 Å². The largest absolute Gasteiger partial charge is 0.384 e. The molecule has 0 bridgehead atoms.